The zero-order chi connectivity index (χ0) is 17.6. The number of carboxylic acids is 1. The summed E-state index contributed by atoms with van der Waals surface area (Å²) in [5, 5.41) is 9.29. The number of aliphatic carboxylic acids is 1. The number of carbonyl (C=O) groups is 3. The molecule has 0 aromatic heterocycles. The van der Waals surface area contributed by atoms with Crippen molar-refractivity contribution < 1.29 is 19.5 Å². The predicted molar refractivity (Wildman–Crippen MR) is 89.9 cm³/mol. The van der Waals surface area contributed by atoms with Crippen molar-refractivity contribution in [3.05, 3.63) is 12.2 Å². The van der Waals surface area contributed by atoms with Crippen LogP contribution in [0.1, 0.15) is 51.4 Å². The van der Waals surface area contributed by atoms with Crippen molar-refractivity contribution in [3.63, 3.8) is 0 Å². The minimum absolute atomic E-state index is 0.0711. The third kappa shape index (κ3) is 2.96. The highest BCUT2D eigenvalue weighted by Gasteiger charge is 2.54. The monoisotopic (exact) mass is 346 g/mol. The van der Waals surface area contributed by atoms with Crippen LogP contribution in [0.3, 0.4) is 0 Å². The van der Waals surface area contributed by atoms with Crippen molar-refractivity contribution in [1.82, 2.24) is 10.9 Å². The number of hydrogen-bond acceptors (Lipinski definition) is 3. The van der Waals surface area contributed by atoms with Gasteiger partial charge in [0.2, 0.25) is 11.8 Å². The Morgan fingerprint density at radius 3 is 1.88 bits per heavy atom. The van der Waals surface area contributed by atoms with Gasteiger partial charge in [0.05, 0.1) is 17.3 Å². The molecular weight excluding hydrogens is 320 g/mol. The predicted octanol–water partition coefficient (Wildman–Crippen LogP) is 2.02. The van der Waals surface area contributed by atoms with Crippen molar-refractivity contribution in [3.8, 4) is 0 Å². The van der Waals surface area contributed by atoms with Crippen molar-refractivity contribution in [2.75, 3.05) is 0 Å². The van der Waals surface area contributed by atoms with Crippen LogP contribution in [0, 0.1) is 35.0 Å². The van der Waals surface area contributed by atoms with Crippen LogP contribution in [0.25, 0.3) is 0 Å². The molecule has 0 aromatic rings. The number of hydrazine groups is 1. The van der Waals surface area contributed by atoms with Gasteiger partial charge in [0.1, 0.15) is 0 Å². The molecule has 6 heteroatoms. The van der Waals surface area contributed by atoms with Crippen LogP contribution in [0.2, 0.25) is 0 Å². The lowest BCUT2D eigenvalue weighted by atomic mass is 9.49. The fraction of sp³-hybridized carbons (Fsp3) is 0.737. The summed E-state index contributed by atoms with van der Waals surface area (Å²) in [6.45, 7) is 0. The Bertz CT molecular complexity index is 592. The average Bonchev–Trinajstić information content (AvgIpc) is 2.58. The van der Waals surface area contributed by atoms with E-state index in [1.54, 1.807) is 6.08 Å². The average molecular weight is 346 g/mol. The second-order valence-corrected chi connectivity index (χ2v) is 8.64. The Kier molecular flexibility index (Phi) is 4.08. The van der Waals surface area contributed by atoms with Crippen LogP contribution in [-0.2, 0) is 14.4 Å². The molecule has 0 radical (unpaired) electrons. The van der Waals surface area contributed by atoms with Crippen molar-refractivity contribution in [2.24, 2.45) is 35.0 Å². The lowest BCUT2D eigenvalue weighted by Gasteiger charge is -2.55. The maximum Gasteiger partial charge on any atom is 0.307 e. The summed E-state index contributed by atoms with van der Waals surface area (Å²) in [6, 6.07) is 0. The molecule has 3 N–H and O–H groups in total. The van der Waals surface area contributed by atoms with Gasteiger partial charge in [-0.15, -0.1) is 0 Å². The van der Waals surface area contributed by atoms with Crippen LogP contribution in [0.4, 0.5) is 0 Å². The molecule has 0 spiro atoms. The van der Waals surface area contributed by atoms with Gasteiger partial charge in [0.25, 0.3) is 0 Å². The Balaban J connectivity index is 1.38. The first-order valence-corrected chi connectivity index (χ1v) is 9.45. The number of nitrogens with one attached hydrogen (secondary N) is 2. The Labute approximate surface area is 147 Å². The fourth-order valence-corrected chi connectivity index (χ4v) is 6.11. The molecule has 0 aromatic carbocycles. The molecule has 4 bridgehead atoms. The van der Waals surface area contributed by atoms with E-state index in [-0.39, 0.29) is 11.3 Å². The summed E-state index contributed by atoms with van der Waals surface area (Å²) in [7, 11) is 0. The molecule has 5 aliphatic rings. The molecule has 5 rings (SSSR count). The van der Waals surface area contributed by atoms with E-state index in [1.807, 2.05) is 6.08 Å². The molecule has 136 valence electrons. The minimum Gasteiger partial charge on any atom is -0.481 e. The third-order valence-electron chi connectivity index (χ3n) is 6.91. The molecule has 0 aliphatic heterocycles. The van der Waals surface area contributed by atoms with E-state index in [0.717, 1.165) is 19.3 Å². The van der Waals surface area contributed by atoms with Crippen LogP contribution >= 0.6 is 0 Å². The second kappa shape index (κ2) is 6.15. The van der Waals surface area contributed by atoms with E-state index in [9.17, 15) is 19.5 Å². The van der Waals surface area contributed by atoms with Crippen molar-refractivity contribution >= 4 is 17.8 Å². The van der Waals surface area contributed by atoms with Crippen LogP contribution in [0.15, 0.2) is 12.2 Å². The first kappa shape index (κ1) is 16.6. The summed E-state index contributed by atoms with van der Waals surface area (Å²) in [4.78, 5) is 36.6. The standard InChI is InChI=1S/C19H26N2O4/c22-16(14-3-1-2-4-15(14)17(23)24)20-21-18(25)19-8-11-5-12(9-19)7-13(6-11)10-19/h1-2,11-15H,3-10H2,(H,20,22)(H,21,25)(H,23,24). The van der Waals surface area contributed by atoms with Gasteiger partial charge in [-0.3, -0.25) is 25.2 Å². The largest absolute Gasteiger partial charge is 0.481 e. The van der Waals surface area contributed by atoms with Gasteiger partial charge in [-0.05, 0) is 69.1 Å². The molecule has 2 atom stereocenters. The second-order valence-electron chi connectivity index (χ2n) is 8.64. The summed E-state index contributed by atoms with van der Waals surface area (Å²) < 4.78 is 0. The summed E-state index contributed by atoms with van der Waals surface area (Å²) in [5.41, 5.74) is 4.85. The molecular formula is C19H26N2O4. The van der Waals surface area contributed by atoms with E-state index in [2.05, 4.69) is 10.9 Å². The van der Waals surface area contributed by atoms with E-state index in [0.29, 0.717) is 30.6 Å². The Morgan fingerprint density at radius 1 is 0.840 bits per heavy atom. The lowest BCUT2D eigenvalue weighted by molar-refractivity contribution is -0.151. The van der Waals surface area contributed by atoms with Gasteiger partial charge >= 0.3 is 5.97 Å². The highest BCUT2D eigenvalue weighted by molar-refractivity contribution is 5.89. The number of hydrogen-bond donors (Lipinski definition) is 3. The van der Waals surface area contributed by atoms with Gasteiger partial charge in [0.15, 0.2) is 0 Å². The molecule has 2 amide bonds. The lowest BCUT2D eigenvalue weighted by Crippen LogP contribution is -2.57. The summed E-state index contributed by atoms with van der Waals surface area (Å²) in [6.07, 6.45) is 11.0. The topological polar surface area (TPSA) is 95.5 Å². The Hall–Kier alpha value is -1.85. The molecule has 2 unspecified atom stereocenters. The number of amides is 2. The Morgan fingerprint density at radius 2 is 1.36 bits per heavy atom. The van der Waals surface area contributed by atoms with E-state index >= 15 is 0 Å². The zero-order valence-corrected chi connectivity index (χ0v) is 14.4. The van der Waals surface area contributed by atoms with E-state index < -0.39 is 23.7 Å². The maximum atomic E-state index is 12.8. The van der Waals surface area contributed by atoms with E-state index in [1.165, 1.54) is 19.3 Å². The first-order chi connectivity index (χ1) is 12.0. The van der Waals surface area contributed by atoms with Crippen molar-refractivity contribution in [1.29, 1.82) is 0 Å². The molecule has 4 fully saturated rings. The smallest absolute Gasteiger partial charge is 0.307 e. The van der Waals surface area contributed by atoms with Crippen LogP contribution in [-0.4, -0.2) is 22.9 Å². The van der Waals surface area contributed by atoms with Crippen LogP contribution < -0.4 is 10.9 Å². The van der Waals surface area contributed by atoms with Gasteiger partial charge in [0, 0.05) is 0 Å². The molecule has 6 nitrogen and oxygen atoms in total. The molecule has 25 heavy (non-hydrogen) atoms. The number of carbonyl (C=O) groups excluding carboxylic acids is 2. The van der Waals surface area contributed by atoms with E-state index in [4.69, 9.17) is 0 Å². The molecule has 0 heterocycles. The molecule has 0 saturated heterocycles. The molecule has 4 saturated carbocycles. The first-order valence-electron chi connectivity index (χ1n) is 9.45. The molecule has 5 aliphatic carbocycles. The van der Waals surface area contributed by atoms with Crippen LogP contribution in [0.5, 0.6) is 0 Å². The van der Waals surface area contributed by atoms with Gasteiger partial charge < -0.3 is 5.11 Å². The normalized spacial score (nSPS) is 41.4. The minimum atomic E-state index is -0.961. The number of rotatable bonds is 3. The summed E-state index contributed by atoms with van der Waals surface area (Å²) in [5.74, 6) is -0.793. The SMILES string of the molecule is O=C(O)C1CC=CCC1C(=O)NNC(=O)C12CC3CC(CC(C3)C1)C2. The van der Waals surface area contributed by atoms with Gasteiger partial charge in [-0.1, -0.05) is 12.2 Å². The van der Waals surface area contributed by atoms with Crippen molar-refractivity contribution in [2.45, 2.75) is 51.4 Å². The number of carboxylic acid groups (broad SMARTS) is 1. The quantitative estimate of drug-likeness (QED) is 0.538. The highest BCUT2D eigenvalue weighted by Crippen LogP contribution is 2.60. The summed E-state index contributed by atoms with van der Waals surface area (Å²) >= 11 is 0. The number of allylic oxidation sites excluding steroid dienone is 2. The third-order valence-corrected chi connectivity index (χ3v) is 6.91. The maximum absolute atomic E-state index is 12.8. The van der Waals surface area contributed by atoms with Gasteiger partial charge in [-0.2, -0.15) is 0 Å². The van der Waals surface area contributed by atoms with Gasteiger partial charge in [-0.25, -0.2) is 0 Å². The highest BCUT2D eigenvalue weighted by atomic mass is 16.4. The zero-order valence-electron chi connectivity index (χ0n) is 14.4. The fourth-order valence-electron chi connectivity index (χ4n) is 6.11.